The van der Waals surface area contributed by atoms with Gasteiger partial charge in [-0.05, 0) is 12.8 Å². The quantitative estimate of drug-likeness (QED) is 0.488. The Balaban J connectivity index is 3.23. The second kappa shape index (κ2) is 14.9. The molecule has 0 heterocycles. The molecule has 0 aliphatic carbocycles. The van der Waals surface area contributed by atoms with E-state index in [0.29, 0.717) is 39.1 Å². The fourth-order valence-corrected chi connectivity index (χ4v) is 1.69. The summed E-state index contributed by atoms with van der Waals surface area (Å²) in [5, 5.41) is 8.50. The van der Waals surface area contributed by atoms with Crippen LogP contribution in [0.4, 0.5) is 0 Å². The summed E-state index contributed by atoms with van der Waals surface area (Å²) in [6.07, 6.45) is 6.41. The van der Waals surface area contributed by atoms with Crippen molar-refractivity contribution in [3.63, 3.8) is 0 Å². The molecule has 0 saturated heterocycles. The van der Waals surface area contributed by atoms with E-state index in [2.05, 4.69) is 13.8 Å². The van der Waals surface area contributed by atoms with E-state index in [1.807, 2.05) is 0 Å². The van der Waals surface area contributed by atoms with E-state index in [4.69, 9.17) is 19.3 Å². The molecule has 0 amide bonds. The van der Waals surface area contributed by atoms with Crippen LogP contribution >= 0.6 is 0 Å². The van der Waals surface area contributed by atoms with Crippen LogP contribution in [0.2, 0.25) is 0 Å². The van der Waals surface area contributed by atoms with Crippen LogP contribution in [-0.2, 0) is 14.2 Å². The average Bonchev–Trinajstić information content (AvgIpc) is 2.40. The van der Waals surface area contributed by atoms with Crippen LogP contribution in [-0.4, -0.2) is 50.9 Å². The predicted molar refractivity (Wildman–Crippen MR) is 72.9 cm³/mol. The molecule has 0 aromatic carbocycles. The van der Waals surface area contributed by atoms with E-state index in [1.54, 1.807) is 0 Å². The van der Waals surface area contributed by atoms with Gasteiger partial charge in [0.2, 0.25) is 0 Å². The molecule has 0 fully saturated rings. The Morgan fingerprint density at radius 2 is 1.56 bits per heavy atom. The maximum absolute atomic E-state index is 8.50. The summed E-state index contributed by atoms with van der Waals surface area (Å²) in [4.78, 5) is 0. The maximum Gasteiger partial charge on any atom is 0.0704 e. The van der Waals surface area contributed by atoms with Crippen LogP contribution in [0.15, 0.2) is 0 Å². The fourth-order valence-electron chi connectivity index (χ4n) is 1.69. The molecule has 1 unspecified atom stereocenters. The van der Waals surface area contributed by atoms with E-state index in [1.165, 1.54) is 19.3 Å². The van der Waals surface area contributed by atoms with Gasteiger partial charge in [0.25, 0.3) is 0 Å². The molecule has 4 heteroatoms. The molecule has 1 atom stereocenters. The van der Waals surface area contributed by atoms with Crippen LogP contribution in [0.3, 0.4) is 0 Å². The van der Waals surface area contributed by atoms with Gasteiger partial charge in [0.1, 0.15) is 0 Å². The SMILES string of the molecule is CCCCCC(CC)OCCOCCOCCO. The first kappa shape index (κ1) is 17.8. The van der Waals surface area contributed by atoms with Crippen molar-refractivity contribution in [3.05, 3.63) is 0 Å². The summed E-state index contributed by atoms with van der Waals surface area (Å²) in [6, 6.07) is 0. The summed E-state index contributed by atoms with van der Waals surface area (Å²) in [6.45, 7) is 7.21. The van der Waals surface area contributed by atoms with Gasteiger partial charge in [-0.1, -0.05) is 33.1 Å². The van der Waals surface area contributed by atoms with Crippen molar-refractivity contribution in [1.29, 1.82) is 0 Å². The molecule has 0 aliphatic rings. The van der Waals surface area contributed by atoms with Crippen LogP contribution in [0, 0.1) is 0 Å². The summed E-state index contributed by atoms with van der Waals surface area (Å²) >= 11 is 0. The standard InChI is InChI=1S/C14H30O4/c1-3-5-6-7-14(4-2)18-13-12-17-11-10-16-9-8-15/h14-15H,3-13H2,1-2H3. The Morgan fingerprint density at radius 3 is 2.17 bits per heavy atom. The first-order valence-electron chi connectivity index (χ1n) is 7.23. The van der Waals surface area contributed by atoms with Gasteiger partial charge in [0.05, 0.1) is 45.7 Å². The van der Waals surface area contributed by atoms with Gasteiger partial charge >= 0.3 is 0 Å². The molecule has 0 aromatic rings. The maximum atomic E-state index is 8.50. The molecule has 110 valence electrons. The van der Waals surface area contributed by atoms with Gasteiger partial charge in [-0.15, -0.1) is 0 Å². The highest BCUT2D eigenvalue weighted by Gasteiger charge is 2.05. The van der Waals surface area contributed by atoms with Crippen molar-refractivity contribution in [1.82, 2.24) is 0 Å². The summed E-state index contributed by atoms with van der Waals surface area (Å²) in [5.41, 5.74) is 0. The van der Waals surface area contributed by atoms with E-state index in [-0.39, 0.29) is 6.61 Å². The van der Waals surface area contributed by atoms with Gasteiger partial charge in [-0.2, -0.15) is 0 Å². The van der Waals surface area contributed by atoms with Crippen LogP contribution in [0.25, 0.3) is 0 Å². The van der Waals surface area contributed by atoms with Gasteiger partial charge in [0.15, 0.2) is 0 Å². The normalized spacial score (nSPS) is 12.8. The monoisotopic (exact) mass is 262 g/mol. The Hall–Kier alpha value is -0.160. The lowest BCUT2D eigenvalue weighted by molar-refractivity contribution is -0.0180. The summed E-state index contributed by atoms with van der Waals surface area (Å²) in [5.74, 6) is 0. The zero-order chi connectivity index (χ0) is 13.5. The number of aliphatic hydroxyl groups is 1. The first-order valence-corrected chi connectivity index (χ1v) is 7.23. The zero-order valence-corrected chi connectivity index (χ0v) is 12.0. The number of ether oxygens (including phenoxy) is 3. The third kappa shape index (κ3) is 12.3. The van der Waals surface area contributed by atoms with Crippen molar-refractivity contribution in [2.24, 2.45) is 0 Å². The minimum Gasteiger partial charge on any atom is -0.394 e. The Morgan fingerprint density at radius 1 is 0.889 bits per heavy atom. The molecule has 0 aliphatic heterocycles. The van der Waals surface area contributed by atoms with Crippen LogP contribution in [0.1, 0.15) is 46.0 Å². The minimum absolute atomic E-state index is 0.0685. The van der Waals surface area contributed by atoms with Gasteiger partial charge in [-0.25, -0.2) is 0 Å². The van der Waals surface area contributed by atoms with Crippen LogP contribution in [0.5, 0.6) is 0 Å². The Labute approximate surface area is 112 Å². The third-order valence-corrected chi connectivity index (χ3v) is 2.77. The highest BCUT2D eigenvalue weighted by Crippen LogP contribution is 2.09. The molecule has 1 N–H and O–H groups in total. The molecule has 0 spiro atoms. The Bertz CT molecular complexity index is 153. The lowest BCUT2D eigenvalue weighted by atomic mass is 10.1. The number of rotatable bonds is 14. The van der Waals surface area contributed by atoms with Crippen molar-refractivity contribution in [3.8, 4) is 0 Å². The van der Waals surface area contributed by atoms with Gasteiger partial charge in [-0.3, -0.25) is 0 Å². The first-order chi connectivity index (χ1) is 8.85. The smallest absolute Gasteiger partial charge is 0.0704 e. The molecule has 0 bridgehead atoms. The minimum atomic E-state index is 0.0685. The lowest BCUT2D eigenvalue weighted by Crippen LogP contribution is -2.16. The molecule has 0 saturated carbocycles. The van der Waals surface area contributed by atoms with E-state index in [9.17, 15) is 0 Å². The topological polar surface area (TPSA) is 47.9 Å². The molecular formula is C14H30O4. The number of unbranched alkanes of at least 4 members (excludes halogenated alkanes) is 2. The Kier molecular flexibility index (Phi) is 14.8. The number of hydrogen-bond donors (Lipinski definition) is 1. The highest BCUT2D eigenvalue weighted by atomic mass is 16.5. The highest BCUT2D eigenvalue weighted by molar-refractivity contribution is 4.55. The molecule has 4 nitrogen and oxygen atoms in total. The zero-order valence-electron chi connectivity index (χ0n) is 12.0. The summed E-state index contributed by atoms with van der Waals surface area (Å²) in [7, 11) is 0. The second-order valence-corrected chi connectivity index (χ2v) is 4.35. The molecule has 0 aromatic heterocycles. The third-order valence-electron chi connectivity index (χ3n) is 2.77. The number of aliphatic hydroxyl groups excluding tert-OH is 1. The van der Waals surface area contributed by atoms with Crippen LogP contribution < -0.4 is 0 Å². The van der Waals surface area contributed by atoms with E-state index in [0.717, 1.165) is 12.8 Å². The fraction of sp³-hybridized carbons (Fsp3) is 1.00. The van der Waals surface area contributed by atoms with Crippen molar-refractivity contribution < 1.29 is 19.3 Å². The van der Waals surface area contributed by atoms with Crippen molar-refractivity contribution in [2.45, 2.75) is 52.1 Å². The second-order valence-electron chi connectivity index (χ2n) is 4.35. The lowest BCUT2D eigenvalue weighted by Gasteiger charge is -2.16. The summed E-state index contributed by atoms with van der Waals surface area (Å²) < 4.78 is 16.2. The molecule has 0 radical (unpaired) electrons. The van der Waals surface area contributed by atoms with Crippen molar-refractivity contribution in [2.75, 3.05) is 39.6 Å². The molecular weight excluding hydrogens is 232 g/mol. The van der Waals surface area contributed by atoms with Gasteiger partial charge in [0, 0.05) is 0 Å². The molecule has 18 heavy (non-hydrogen) atoms. The van der Waals surface area contributed by atoms with Gasteiger partial charge < -0.3 is 19.3 Å². The number of hydrogen-bond acceptors (Lipinski definition) is 4. The predicted octanol–water partition coefficient (Wildman–Crippen LogP) is 2.39. The average molecular weight is 262 g/mol. The van der Waals surface area contributed by atoms with Crippen molar-refractivity contribution >= 4 is 0 Å². The van der Waals surface area contributed by atoms with E-state index < -0.39 is 0 Å². The van der Waals surface area contributed by atoms with E-state index >= 15 is 0 Å². The largest absolute Gasteiger partial charge is 0.394 e. The molecule has 0 rings (SSSR count).